The predicted octanol–water partition coefficient (Wildman–Crippen LogP) is 6.29. The smallest absolute Gasteiger partial charge is 0.159 e. The zero-order chi connectivity index (χ0) is 13.1. The van der Waals surface area contributed by atoms with E-state index in [-0.39, 0.29) is 0 Å². The average molecular weight is 273 g/mol. The van der Waals surface area contributed by atoms with Gasteiger partial charge in [0.2, 0.25) is 0 Å². The Morgan fingerprint density at radius 2 is 1.35 bits per heavy atom. The van der Waals surface area contributed by atoms with E-state index in [1.54, 1.807) is 0 Å². The molecule has 0 atom stereocenters. The molecular weight excluding hydrogens is 244 g/mol. The lowest BCUT2D eigenvalue weighted by Crippen LogP contribution is -2.30. The normalized spacial score (nSPS) is 11.8. The molecule has 0 aromatic carbocycles. The quantitative estimate of drug-likeness (QED) is 0.179. The highest BCUT2D eigenvalue weighted by atomic mass is 35.6. The third-order valence-electron chi connectivity index (χ3n) is 3.54. The Kier molecular flexibility index (Phi) is 9.95. The number of halogens is 1. The van der Waals surface area contributed by atoms with Crippen LogP contribution >= 0.6 is 11.1 Å². The monoisotopic (exact) mass is 272 g/mol. The van der Waals surface area contributed by atoms with Crippen molar-refractivity contribution < 1.29 is 0 Å². The van der Waals surface area contributed by atoms with Gasteiger partial charge in [-0.05, 0) is 30.5 Å². The highest BCUT2D eigenvalue weighted by molar-refractivity contribution is 7.21. The van der Waals surface area contributed by atoms with Crippen molar-refractivity contribution in [3.8, 4) is 0 Å². The van der Waals surface area contributed by atoms with E-state index < -0.39 is 7.38 Å². The lowest BCUT2D eigenvalue weighted by molar-refractivity contribution is 0.765. The van der Waals surface area contributed by atoms with Gasteiger partial charge in [-0.1, -0.05) is 51.7 Å². The van der Waals surface area contributed by atoms with Crippen molar-refractivity contribution in [3.63, 3.8) is 0 Å². The predicted molar refractivity (Wildman–Crippen MR) is 84.4 cm³/mol. The Morgan fingerprint density at radius 1 is 0.941 bits per heavy atom. The summed E-state index contributed by atoms with van der Waals surface area (Å²) in [7, 11) is -1.52. The minimum Gasteiger partial charge on any atom is -0.167 e. The minimum atomic E-state index is -1.52. The van der Waals surface area contributed by atoms with Gasteiger partial charge in [0.05, 0.1) is 0 Å². The number of unbranched alkanes of at least 4 members (excludes halogenated alkanes) is 4. The maximum atomic E-state index is 6.92. The number of rotatable bonds is 11. The van der Waals surface area contributed by atoms with Gasteiger partial charge in [-0.2, -0.15) is 11.1 Å². The molecule has 0 rings (SSSR count). The van der Waals surface area contributed by atoms with E-state index in [1.807, 2.05) is 12.2 Å². The molecule has 0 heterocycles. The molecule has 0 spiro atoms. The van der Waals surface area contributed by atoms with E-state index in [9.17, 15) is 0 Å². The molecule has 0 unspecified atom stereocenters. The van der Waals surface area contributed by atoms with Gasteiger partial charge in [0, 0.05) is 0 Å². The Bertz CT molecular complexity index is 195. The first-order valence-electron chi connectivity index (χ1n) is 6.97. The van der Waals surface area contributed by atoms with Crippen LogP contribution in [-0.4, -0.2) is 7.38 Å². The summed E-state index contributed by atoms with van der Waals surface area (Å²) in [4.78, 5) is 0. The van der Waals surface area contributed by atoms with Crippen LogP contribution in [0.1, 0.15) is 52.4 Å². The molecule has 0 bridgehead atoms. The SMILES string of the molecule is C=CCCCC[Si](Cl)(CCCCC=C)C(C)C. The van der Waals surface area contributed by atoms with E-state index in [2.05, 4.69) is 27.0 Å². The number of allylic oxidation sites excluding steroid dienone is 2. The maximum Gasteiger partial charge on any atom is 0.159 e. The molecule has 0 aromatic rings. The molecule has 0 amide bonds. The van der Waals surface area contributed by atoms with Crippen LogP contribution in [0.4, 0.5) is 0 Å². The molecule has 0 nitrogen and oxygen atoms in total. The zero-order valence-electron chi connectivity index (χ0n) is 11.7. The van der Waals surface area contributed by atoms with Crippen LogP contribution in [0.5, 0.6) is 0 Å². The Labute approximate surface area is 114 Å². The summed E-state index contributed by atoms with van der Waals surface area (Å²) in [6, 6.07) is 2.54. The first-order valence-corrected chi connectivity index (χ1v) is 10.5. The second kappa shape index (κ2) is 9.96. The molecule has 0 N–H and O–H groups in total. The van der Waals surface area contributed by atoms with Gasteiger partial charge in [-0.3, -0.25) is 0 Å². The lowest BCUT2D eigenvalue weighted by atomic mass is 10.2. The van der Waals surface area contributed by atoms with Crippen molar-refractivity contribution in [3.05, 3.63) is 25.3 Å². The second-order valence-corrected chi connectivity index (χ2v) is 11.7. The molecule has 100 valence electrons. The zero-order valence-corrected chi connectivity index (χ0v) is 13.4. The summed E-state index contributed by atoms with van der Waals surface area (Å²) in [6.45, 7) is 12.1. The average Bonchev–Trinajstić information content (AvgIpc) is 2.30. The van der Waals surface area contributed by atoms with Gasteiger partial charge in [0.1, 0.15) is 0 Å². The Morgan fingerprint density at radius 3 is 1.65 bits per heavy atom. The molecule has 2 heteroatoms. The van der Waals surface area contributed by atoms with Crippen LogP contribution in [-0.2, 0) is 0 Å². The Hall–Kier alpha value is -0.0131. The van der Waals surface area contributed by atoms with Crippen LogP contribution in [0.2, 0.25) is 17.6 Å². The molecule has 0 fully saturated rings. The van der Waals surface area contributed by atoms with Crippen LogP contribution in [0.3, 0.4) is 0 Å². The van der Waals surface area contributed by atoms with E-state index >= 15 is 0 Å². The molecule has 0 saturated heterocycles. The third-order valence-corrected chi connectivity index (χ3v) is 10.4. The number of hydrogen-bond acceptors (Lipinski definition) is 0. The molecule has 17 heavy (non-hydrogen) atoms. The summed E-state index contributed by atoms with van der Waals surface area (Å²) < 4.78 is 0. The van der Waals surface area contributed by atoms with Crippen LogP contribution in [0.15, 0.2) is 25.3 Å². The van der Waals surface area contributed by atoms with Crippen LogP contribution in [0.25, 0.3) is 0 Å². The fourth-order valence-electron chi connectivity index (χ4n) is 2.12. The van der Waals surface area contributed by atoms with E-state index in [0.717, 1.165) is 12.8 Å². The first kappa shape index (κ1) is 17.0. The van der Waals surface area contributed by atoms with E-state index in [4.69, 9.17) is 11.1 Å². The topological polar surface area (TPSA) is 0 Å². The summed E-state index contributed by atoms with van der Waals surface area (Å²) in [5.74, 6) is 0. The summed E-state index contributed by atoms with van der Waals surface area (Å²) in [6.07, 6.45) is 11.4. The van der Waals surface area contributed by atoms with Gasteiger partial charge in [-0.25, -0.2) is 0 Å². The highest BCUT2D eigenvalue weighted by Crippen LogP contribution is 2.36. The van der Waals surface area contributed by atoms with Gasteiger partial charge in [0.25, 0.3) is 0 Å². The van der Waals surface area contributed by atoms with Crippen molar-refractivity contribution in [1.82, 2.24) is 0 Å². The first-order chi connectivity index (χ1) is 8.06. The molecule has 0 aliphatic heterocycles. The van der Waals surface area contributed by atoms with Crippen molar-refractivity contribution >= 4 is 18.5 Å². The molecular formula is C15H29ClSi. The summed E-state index contributed by atoms with van der Waals surface area (Å²) >= 11 is 6.92. The second-order valence-electron chi connectivity index (χ2n) is 5.26. The van der Waals surface area contributed by atoms with Crippen LogP contribution in [0, 0.1) is 0 Å². The maximum absolute atomic E-state index is 6.92. The lowest BCUT2D eigenvalue weighted by Gasteiger charge is -2.28. The number of hydrogen-bond donors (Lipinski definition) is 0. The largest absolute Gasteiger partial charge is 0.167 e. The molecule has 0 aromatic heterocycles. The van der Waals surface area contributed by atoms with E-state index in [1.165, 1.54) is 37.8 Å². The van der Waals surface area contributed by atoms with Crippen LogP contribution < -0.4 is 0 Å². The fourth-order valence-corrected chi connectivity index (χ4v) is 6.00. The van der Waals surface area contributed by atoms with Gasteiger partial charge < -0.3 is 0 Å². The molecule has 0 radical (unpaired) electrons. The van der Waals surface area contributed by atoms with Gasteiger partial charge in [-0.15, -0.1) is 13.2 Å². The fraction of sp³-hybridized carbons (Fsp3) is 0.733. The van der Waals surface area contributed by atoms with E-state index in [0.29, 0.717) is 5.54 Å². The summed E-state index contributed by atoms with van der Waals surface area (Å²) in [5.41, 5.74) is 0.691. The Balaban J connectivity index is 3.97. The van der Waals surface area contributed by atoms with Crippen molar-refractivity contribution in [2.45, 2.75) is 70.0 Å². The minimum absolute atomic E-state index is 0.691. The highest BCUT2D eigenvalue weighted by Gasteiger charge is 2.33. The summed E-state index contributed by atoms with van der Waals surface area (Å²) in [5, 5.41) is 0. The third kappa shape index (κ3) is 7.83. The van der Waals surface area contributed by atoms with Crippen molar-refractivity contribution in [1.29, 1.82) is 0 Å². The molecule has 0 aliphatic rings. The van der Waals surface area contributed by atoms with Crippen molar-refractivity contribution in [2.75, 3.05) is 0 Å². The molecule has 0 aliphatic carbocycles. The standard InChI is InChI=1S/C15H29ClSi/c1-5-7-9-11-13-17(16,15(3)4)14-12-10-8-6-2/h5-6,15H,1-2,7-14H2,3-4H3. The van der Waals surface area contributed by atoms with Gasteiger partial charge >= 0.3 is 0 Å². The molecule has 0 saturated carbocycles. The van der Waals surface area contributed by atoms with Gasteiger partial charge in [0.15, 0.2) is 7.38 Å². The van der Waals surface area contributed by atoms with Crippen molar-refractivity contribution in [2.24, 2.45) is 0 Å².